The molecule has 1 aliphatic rings. The minimum atomic E-state index is -0.167. The molecule has 2 aromatic rings. The summed E-state index contributed by atoms with van der Waals surface area (Å²) in [5.41, 5.74) is 2.60. The van der Waals surface area contributed by atoms with Crippen LogP contribution in [0.1, 0.15) is 29.0 Å². The molecule has 0 spiro atoms. The van der Waals surface area contributed by atoms with Gasteiger partial charge in [0.15, 0.2) is 0 Å². The van der Waals surface area contributed by atoms with Crippen LogP contribution in [0.5, 0.6) is 0 Å². The smallest absolute Gasteiger partial charge is 0.230 e. The SMILES string of the molecule is Cc1cc(CC(=O)N2CCC(Cc3ccc(F)c(C)c3)C2)on1. The van der Waals surface area contributed by atoms with Crippen LogP contribution in [-0.4, -0.2) is 29.1 Å². The Balaban J connectivity index is 1.55. The first kappa shape index (κ1) is 15.7. The molecule has 1 aromatic carbocycles. The Morgan fingerprint density at radius 3 is 2.91 bits per heavy atom. The molecule has 0 bridgehead atoms. The second-order valence-corrected chi connectivity index (χ2v) is 6.39. The fourth-order valence-corrected chi connectivity index (χ4v) is 3.15. The average Bonchev–Trinajstić information content (AvgIpc) is 3.12. The standard InChI is InChI=1S/C18H21FN2O2/c1-12-7-14(3-4-17(12)19)9-15-5-6-21(11-15)18(22)10-16-8-13(2)20-23-16/h3-4,7-8,15H,5-6,9-11H2,1-2H3. The van der Waals surface area contributed by atoms with Crippen molar-refractivity contribution in [1.29, 1.82) is 0 Å². The minimum Gasteiger partial charge on any atom is -0.361 e. The highest BCUT2D eigenvalue weighted by Gasteiger charge is 2.27. The van der Waals surface area contributed by atoms with E-state index in [0.29, 0.717) is 17.2 Å². The Labute approximate surface area is 135 Å². The van der Waals surface area contributed by atoms with E-state index in [9.17, 15) is 9.18 Å². The first-order chi connectivity index (χ1) is 11.0. The van der Waals surface area contributed by atoms with Gasteiger partial charge in [-0.2, -0.15) is 0 Å². The molecule has 3 rings (SSSR count). The number of aromatic nitrogens is 1. The summed E-state index contributed by atoms with van der Waals surface area (Å²) in [7, 11) is 0. The number of nitrogens with zero attached hydrogens (tertiary/aromatic N) is 2. The molecule has 2 heterocycles. The van der Waals surface area contributed by atoms with Crippen LogP contribution in [-0.2, 0) is 17.6 Å². The number of hydrogen-bond acceptors (Lipinski definition) is 3. The first-order valence-electron chi connectivity index (χ1n) is 7.96. The summed E-state index contributed by atoms with van der Waals surface area (Å²) in [5, 5.41) is 3.81. The molecular formula is C18H21FN2O2. The highest BCUT2D eigenvalue weighted by Crippen LogP contribution is 2.22. The van der Waals surface area contributed by atoms with Gasteiger partial charge in [-0.15, -0.1) is 0 Å². The second kappa shape index (κ2) is 6.52. The summed E-state index contributed by atoms with van der Waals surface area (Å²) in [6, 6.07) is 7.06. The molecule has 5 heteroatoms. The largest absolute Gasteiger partial charge is 0.361 e. The molecule has 0 saturated carbocycles. The second-order valence-electron chi connectivity index (χ2n) is 6.39. The van der Waals surface area contributed by atoms with Gasteiger partial charge in [0.25, 0.3) is 0 Å². The summed E-state index contributed by atoms with van der Waals surface area (Å²) in [6.45, 7) is 5.15. The summed E-state index contributed by atoms with van der Waals surface area (Å²) in [4.78, 5) is 14.2. The number of carbonyl (C=O) groups excluding carboxylic acids is 1. The number of hydrogen-bond donors (Lipinski definition) is 0. The van der Waals surface area contributed by atoms with Crippen molar-refractivity contribution in [3.8, 4) is 0 Å². The van der Waals surface area contributed by atoms with Gasteiger partial charge in [0.1, 0.15) is 11.6 Å². The van der Waals surface area contributed by atoms with Gasteiger partial charge in [-0.25, -0.2) is 4.39 Å². The Kier molecular flexibility index (Phi) is 4.46. The summed E-state index contributed by atoms with van der Waals surface area (Å²) < 4.78 is 18.4. The van der Waals surface area contributed by atoms with Crippen LogP contribution < -0.4 is 0 Å². The van der Waals surface area contributed by atoms with Crippen molar-refractivity contribution < 1.29 is 13.7 Å². The molecule has 0 N–H and O–H groups in total. The molecule has 23 heavy (non-hydrogen) atoms. The van der Waals surface area contributed by atoms with Crippen molar-refractivity contribution in [1.82, 2.24) is 10.1 Å². The van der Waals surface area contributed by atoms with Crippen LogP contribution >= 0.6 is 0 Å². The normalized spacial score (nSPS) is 17.7. The van der Waals surface area contributed by atoms with Crippen LogP contribution in [0.2, 0.25) is 0 Å². The van der Waals surface area contributed by atoms with Crippen LogP contribution in [0.15, 0.2) is 28.8 Å². The number of amides is 1. The van der Waals surface area contributed by atoms with Gasteiger partial charge in [-0.1, -0.05) is 17.3 Å². The van der Waals surface area contributed by atoms with Crippen molar-refractivity contribution >= 4 is 5.91 Å². The fraction of sp³-hybridized carbons (Fsp3) is 0.444. The van der Waals surface area contributed by atoms with Gasteiger partial charge < -0.3 is 9.42 Å². The number of likely N-dealkylation sites (tertiary alicyclic amines) is 1. The molecule has 0 radical (unpaired) electrons. The summed E-state index contributed by atoms with van der Waals surface area (Å²) in [6.07, 6.45) is 2.13. The minimum absolute atomic E-state index is 0.0823. The van der Waals surface area contributed by atoms with Crippen molar-refractivity contribution in [3.05, 3.63) is 52.7 Å². The van der Waals surface area contributed by atoms with E-state index in [1.54, 1.807) is 13.0 Å². The van der Waals surface area contributed by atoms with E-state index in [1.807, 2.05) is 24.0 Å². The first-order valence-corrected chi connectivity index (χ1v) is 7.96. The number of benzene rings is 1. The maximum absolute atomic E-state index is 13.3. The molecule has 1 aromatic heterocycles. The third kappa shape index (κ3) is 3.78. The number of carbonyl (C=O) groups is 1. The average molecular weight is 316 g/mol. The maximum atomic E-state index is 13.3. The third-order valence-electron chi connectivity index (χ3n) is 4.39. The Morgan fingerprint density at radius 1 is 1.39 bits per heavy atom. The molecule has 1 fully saturated rings. The lowest BCUT2D eigenvalue weighted by Gasteiger charge is -2.16. The molecule has 1 unspecified atom stereocenters. The Morgan fingerprint density at radius 2 is 2.22 bits per heavy atom. The van der Waals surface area contributed by atoms with Gasteiger partial charge in [0.05, 0.1) is 12.1 Å². The zero-order valence-corrected chi connectivity index (χ0v) is 13.5. The number of halogens is 1. The van der Waals surface area contributed by atoms with Gasteiger partial charge in [-0.3, -0.25) is 4.79 Å². The maximum Gasteiger partial charge on any atom is 0.230 e. The predicted molar refractivity (Wildman–Crippen MR) is 84.5 cm³/mol. The molecule has 1 aliphatic heterocycles. The molecule has 0 aliphatic carbocycles. The molecular weight excluding hydrogens is 295 g/mol. The molecule has 1 atom stereocenters. The topological polar surface area (TPSA) is 46.3 Å². The third-order valence-corrected chi connectivity index (χ3v) is 4.39. The lowest BCUT2D eigenvalue weighted by molar-refractivity contribution is -0.129. The van der Waals surface area contributed by atoms with E-state index in [4.69, 9.17) is 4.52 Å². The zero-order chi connectivity index (χ0) is 16.4. The Bertz CT molecular complexity index is 711. The highest BCUT2D eigenvalue weighted by molar-refractivity contribution is 5.78. The van der Waals surface area contributed by atoms with Crippen molar-refractivity contribution in [2.45, 2.75) is 33.1 Å². The molecule has 122 valence electrons. The predicted octanol–water partition coefficient (Wildman–Crippen LogP) is 3.06. The highest BCUT2D eigenvalue weighted by atomic mass is 19.1. The lowest BCUT2D eigenvalue weighted by Crippen LogP contribution is -2.30. The van der Waals surface area contributed by atoms with Gasteiger partial charge in [0, 0.05) is 19.2 Å². The van der Waals surface area contributed by atoms with Gasteiger partial charge >= 0.3 is 0 Å². The monoisotopic (exact) mass is 316 g/mol. The lowest BCUT2D eigenvalue weighted by atomic mass is 9.97. The quantitative estimate of drug-likeness (QED) is 0.871. The zero-order valence-electron chi connectivity index (χ0n) is 13.5. The van der Waals surface area contributed by atoms with E-state index in [0.717, 1.165) is 37.2 Å². The number of rotatable bonds is 4. The van der Waals surface area contributed by atoms with Crippen molar-refractivity contribution in [3.63, 3.8) is 0 Å². The molecule has 4 nitrogen and oxygen atoms in total. The van der Waals surface area contributed by atoms with Crippen LogP contribution in [0.3, 0.4) is 0 Å². The van der Waals surface area contributed by atoms with Gasteiger partial charge in [0.2, 0.25) is 5.91 Å². The van der Waals surface area contributed by atoms with Crippen LogP contribution in [0.4, 0.5) is 4.39 Å². The van der Waals surface area contributed by atoms with Crippen molar-refractivity contribution in [2.75, 3.05) is 13.1 Å². The van der Waals surface area contributed by atoms with E-state index in [-0.39, 0.29) is 18.1 Å². The van der Waals surface area contributed by atoms with E-state index in [1.165, 1.54) is 6.07 Å². The van der Waals surface area contributed by atoms with Gasteiger partial charge in [-0.05, 0) is 49.8 Å². The number of aryl methyl sites for hydroxylation is 2. The fourth-order valence-electron chi connectivity index (χ4n) is 3.15. The van der Waals surface area contributed by atoms with E-state index >= 15 is 0 Å². The Hall–Kier alpha value is -2.17. The molecule has 1 saturated heterocycles. The van der Waals surface area contributed by atoms with Crippen LogP contribution in [0, 0.1) is 25.6 Å². The summed E-state index contributed by atoms with van der Waals surface area (Å²) in [5.74, 6) is 0.962. The van der Waals surface area contributed by atoms with Crippen molar-refractivity contribution in [2.24, 2.45) is 5.92 Å². The van der Waals surface area contributed by atoms with E-state index < -0.39 is 0 Å². The van der Waals surface area contributed by atoms with Crippen LogP contribution in [0.25, 0.3) is 0 Å². The van der Waals surface area contributed by atoms with E-state index in [2.05, 4.69) is 5.16 Å². The summed E-state index contributed by atoms with van der Waals surface area (Å²) >= 11 is 0. The molecule has 1 amide bonds.